The topological polar surface area (TPSA) is 94.7 Å². The quantitative estimate of drug-likeness (QED) is 0.857. The molecule has 0 fully saturated rings. The predicted octanol–water partition coefficient (Wildman–Crippen LogP) is 1.49. The Labute approximate surface area is 112 Å². The van der Waals surface area contributed by atoms with E-state index in [0.717, 1.165) is 0 Å². The second kappa shape index (κ2) is 6.11. The van der Waals surface area contributed by atoms with Crippen molar-refractivity contribution in [1.82, 2.24) is 10.2 Å². The number of methoxy groups -OCH3 is 1. The molecule has 2 rings (SSSR count). The molecule has 0 atom stereocenters. The summed E-state index contributed by atoms with van der Waals surface area (Å²) >= 11 is 0. The second-order valence-electron chi connectivity index (χ2n) is 3.74. The number of benzene rings is 1. The fourth-order valence-corrected chi connectivity index (χ4v) is 1.45. The van der Waals surface area contributed by atoms with E-state index in [4.69, 9.17) is 19.0 Å². The third-order valence-corrected chi connectivity index (χ3v) is 2.32. The van der Waals surface area contributed by atoms with E-state index in [-0.39, 0.29) is 24.1 Å². The summed E-state index contributed by atoms with van der Waals surface area (Å²) < 4.78 is 28.2. The predicted molar refractivity (Wildman–Crippen MR) is 63.5 cm³/mol. The van der Waals surface area contributed by atoms with Crippen LogP contribution in [0.25, 0.3) is 11.5 Å². The molecule has 1 aromatic heterocycles. The zero-order valence-corrected chi connectivity index (χ0v) is 10.5. The first kappa shape index (κ1) is 13.9. The highest BCUT2D eigenvalue weighted by Crippen LogP contribution is 2.25. The Balaban J connectivity index is 2.10. The summed E-state index contributed by atoms with van der Waals surface area (Å²) in [6.07, 6.45) is 0. The number of halogens is 1. The standard InChI is InChI=1S/C12H11FN2O5/c1-18-9-4-7(2-3-8(9)13)12-15-14-10(20-12)5-19-6-11(16)17/h2-4H,5-6H2,1H3,(H,16,17). The molecule has 1 N–H and O–H groups in total. The Bertz CT molecular complexity index is 614. The van der Waals surface area contributed by atoms with Crippen LogP contribution in [0.15, 0.2) is 22.6 Å². The van der Waals surface area contributed by atoms with E-state index in [1.165, 1.54) is 25.3 Å². The summed E-state index contributed by atoms with van der Waals surface area (Å²) in [5.41, 5.74) is 0.486. The molecule has 8 heteroatoms. The molecule has 2 aromatic rings. The van der Waals surface area contributed by atoms with Gasteiger partial charge in [-0.3, -0.25) is 0 Å². The van der Waals surface area contributed by atoms with E-state index >= 15 is 0 Å². The van der Waals surface area contributed by atoms with Gasteiger partial charge in [-0.1, -0.05) is 0 Å². The minimum Gasteiger partial charge on any atom is -0.494 e. The molecule has 0 aliphatic heterocycles. The SMILES string of the molecule is COc1cc(-c2nnc(COCC(=O)O)o2)ccc1F. The number of carbonyl (C=O) groups is 1. The number of aromatic nitrogens is 2. The number of ether oxygens (including phenoxy) is 2. The van der Waals surface area contributed by atoms with Gasteiger partial charge in [0, 0.05) is 5.56 Å². The van der Waals surface area contributed by atoms with Gasteiger partial charge in [0.1, 0.15) is 13.2 Å². The van der Waals surface area contributed by atoms with Crippen molar-refractivity contribution in [2.75, 3.05) is 13.7 Å². The van der Waals surface area contributed by atoms with Crippen LogP contribution in [0, 0.1) is 5.82 Å². The van der Waals surface area contributed by atoms with Crippen molar-refractivity contribution < 1.29 is 28.2 Å². The highest BCUT2D eigenvalue weighted by molar-refractivity contribution is 5.67. The van der Waals surface area contributed by atoms with Crippen LogP contribution >= 0.6 is 0 Å². The minimum absolute atomic E-state index is 0.0596. The van der Waals surface area contributed by atoms with Gasteiger partial charge in [-0.25, -0.2) is 9.18 Å². The Morgan fingerprint density at radius 3 is 2.95 bits per heavy atom. The molecule has 0 spiro atoms. The van der Waals surface area contributed by atoms with Crippen molar-refractivity contribution in [2.24, 2.45) is 0 Å². The van der Waals surface area contributed by atoms with Crippen molar-refractivity contribution in [3.8, 4) is 17.2 Å². The maximum atomic E-state index is 13.3. The van der Waals surface area contributed by atoms with Crippen molar-refractivity contribution >= 4 is 5.97 Å². The zero-order chi connectivity index (χ0) is 14.5. The summed E-state index contributed by atoms with van der Waals surface area (Å²) in [7, 11) is 1.35. The fraction of sp³-hybridized carbons (Fsp3) is 0.250. The molecule has 0 aliphatic carbocycles. The number of nitrogens with zero attached hydrogens (tertiary/aromatic N) is 2. The number of carboxylic acids is 1. The lowest BCUT2D eigenvalue weighted by Gasteiger charge is -2.02. The molecule has 106 valence electrons. The van der Waals surface area contributed by atoms with Crippen LogP contribution in [0.2, 0.25) is 0 Å². The normalized spacial score (nSPS) is 10.5. The molecule has 0 saturated carbocycles. The highest BCUT2D eigenvalue weighted by Gasteiger charge is 2.12. The van der Waals surface area contributed by atoms with Crippen LogP contribution in [0.5, 0.6) is 5.75 Å². The number of rotatable bonds is 6. The number of aliphatic carboxylic acids is 1. The Morgan fingerprint density at radius 1 is 1.45 bits per heavy atom. The smallest absolute Gasteiger partial charge is 0.329 e. The third-order valence-electron chi connectivity index (χ3n) is 2.32. The van der Waals surface area contributed by atoms with E-state index in [2.05, 4.69) is 10.2 Å². The molecular formula is C12H11FN2O5. The minimum atomic E-state index is -1.09. The van der Waals surface area contributed by atoms with E-state index < -0.39 is 18.4 Å². The maximum absolute atomic E-state index is 13.3. The van der Waals surface area contributed by atoms with Gasteiger partial charge in [-0.2, -0.15) is 0 Å². The Morgan fingerprint density at radius 2 is 2.25 bits per heavy atom. The zero-order valence-electron chi connectivity index (χ0n) is 10.5. The van der Waals surface area contributed by atoms with Crippen LogP contribution in [-0.2, 0) is 16.1 Å². The van der Waals surface area contributed by atoms with Crippen molar-refractivity contribution in [3.05, 3.63) is 29.9 Å². The van der Waals surface area contributed by atoms with Gasteiger partial charge in [0.05, 0.1) is 7.11 Å². The molecule has 0 aliphatic rings. The van der Waals surface area contributed by atoms with Crippen molar-refractivity contribution in [3.63, 3.8) is 0 Å². The highest BCUT2D eigenvalue weighted by atomic mass is 19.1. The van der Waals surface area contributed by atoms with Gasteiger partial charge >= 0.3 is 5.97 Å². The fourth-order valence-electron chi connectivity index (χ4n) is 1.45. The first-order valence-corrected chi connectivity index (χ1v) is 5.56. The first-order chi connectivity index (χ1) is 9.60. The number of hydrogen-bond acceptors (Lipinski definition) is 6. The second-order valence-corrected chi connectivity index (χ2v) is 3.74. The van der Waals surface area contributed by atoms with Gasteiger partial charge in [0.2, 0.25) is 11.8 Å². The number of hydrogen-bond donors (Lipinski definition) is 1. The molecule has 20 heavy (non-hydrogen) atoms. The Hall–Kier alpha value is -2.48. The van der Waals surface area contributed by atoms with Crippen LogP contribution in [0.1, 0.15) is 5.89 Å². The molecule has 0 radical (unpaired) electrons. The molecule has 0 amide bonds. The molecule has 7 nitrogen and oxygen atoms in total. The molecule has 0 unspecified atom stereocenters. The van der Waals surface area contributed by atoms with Crippen molar-refractivity contribution in [1.29, 1.82) is 0 Å². The average molecular weight is 282 g/mol. The summed E-state index contributed by atoms with van der Waals surface area (Å²) in [5.74, 6) is -1.24. The monoisotopic (exact) mass is 282 g/mol. The van der Waals surface area contributed by atoms with E-state index in [9.17, 15) is 9.18 Å². The molecule has 1 aromatic carbocycles. The van der Waals surface area contributed by atoms with Gasteiger partial charge < -0.3 is 19.0 Å². The summed E-state index contributed by atoms with van der Waals surface area (Å²) in [5, 5.41) is 15.9. The number of carboxylic acid groups (broad SMARTS) is 1. The van der Waals surface area contributed by atoms with Crippen LogP contribution in [-0.4, -0.2) is 35.0 Å². The van der Waals surface area contributed by atoms with Gasteiger partial charge in [0.15, 0.2) is 11.6 Å². The first-order valence-electron chi connectivity index (χ1n) is 5.56. The van der Waals surface area contributed by atoms with Crippen molar-refractivity contribution in [2.45, 2.75) is 6.61 Å². The van der Waals surface area contributed by atoms with E-state index in [1.54, 1.807) is 0 Å². The third kappa shape index (κ3) is 3.29. The largest absolute Gasteiger partial charge is 0.494 e. The van der Waals surface area contributed by atoms with Crippen LogP contribution in [0.4, 0.5) is 4.39 Å². The average Bonchev–Trinajstić information content (AvgIpc) is 2.87. The van der Waals surface area contributed by atoms with Gasteiger partial charge in [-0.05, 0) is 18.2 Å². The molecular weight excluding hydrogens is 271 g/mol. The molecule has 0 bridgehead atoms. The molecule has 1 heterocycles. The van der Waals surface area contributed by atoms with Gasteiger partial charge in [-0.15, -0.1) is 10.2 Å². The Kier molecular flexibility index (Phi) is 4.26. The van der Waals surface area contributed by atoms with E-state index in [0.29, 0.717) is 5.56 Å². The van der Waals surface area contributed by atoms with Crippen LogP contribution in [0.3, 0.4) is 0 Å². The maximum Gasteiger partial charge on any atom is 0.329 e. The van der Waals surface area contributed by atoms with Crippen LogP contribution < -0.4 is 4.74 Å². The van der Waals surface area contributed by atoms with Gasteiger partial charge in [0.25, 0.3) is 0 Å². The molecule has 0 saturated heterocycles. The summed E-state index contributed by atoms with van der Waals surface area (Å²) in [6, 6.07) is 4.11. The lowest BCUT2D eigenvalue weighted by atomic mass is 10.2. The lowest BCUT2D eigenvalue weighted by Crippen LogP contribution is -2.06. The summed E-state index contributed by atoms with van der Waals surface area (Å²) in [4.78, 5) is 10.3. The lowest BCUT2D eigenvalue weighted by molar-refractivity contribution is -0.142. The summed E-state index contributed by atoms with van der Waals surface area (Å²) in [6.45, 7) is -0.570. The van der Waals surface area contributed by atoms with E-state index in [1.807, 2.05) is 0 Å².